The summed E-state index contributed by atoms with van der Waals surface area (Å²) in [5.41, 5.74) is 2.04. The number of benzene rings is 1. The molecule has 1 rings (SSSR count). The van der Waals surface area contributed by atoms with E-state index in [1.807, 2.05) is 32.0 Å². The Labute approximate surface area is 110 Å². The predicted molar refractivity (Wildman–Crippen MR) is 74.4 cm³/mol. The third kappa shape index (κ3) is 4.42. The third-order valence-electron chi connectivity index (χ3n) is 3.15. The molecule has 0 aliphatic heterocycles. The molecular formula is C14H22O3S. The highest BCUT2D eigenvalue weighted by molar-refractivity contribution is 7.90. The standard InChI is InChI=1S/C14H22O3S/c1-11-6-7-12(2)13(10-11)14(3,15)8-5-9-18(4,16)17/h6-7,10,15H,5,8-9H2,1-4H3. The van der Waals surface area contributed by atoms with E-state index >= 15 is 0 Å². The molecule has 1 N–H and O–H groups in total. The predicted octanol–water partition coefficient (Wildman–Crippen LogP) is 2.34. The van der Waals surface area contributed by atoms with Crippen molar-refractivity contribution in [2.24, 2.45) is 0 Å². The lowest BCUT2D eigenvalue weighted by atomic mass is 9.87. The molecular weight excluding hydrogens is 248 g/mol. The molecule has 1 unspecified atom stereocenters. The summed E-state index contributed by atoms with van der Waals surface area (Å²) in [4.78, 5) is 0. The Morgan fingerprint density at radius 3 is 2.44 bits per heavy atom. The van der Waals surface area contributed by atoms with Crippen LogP contribution in [0.15, 0.2) is 18.2 Å². The van der Waals surface area contributed by atoms with Crippen LogP contribution in [0, 0.1) is 13.8 Å². The van der Waals surface area contributed by atoms with Crippen LogP contribution in [0.2, 0.25) is 0 Å². The first-order valence-electron chi connectivity index (χ1n) is 6.10. The minimum atomic E-state index is -2.96. The van der Waals surface area contributed by atoms with Gasteiger partial charge >= 0.3 is 0 Å². The molecule has 18 heavy (non-hydrogen) atoms. The Bertz CT molecular complexity index is 516. The lowest BCUT2D eigenvalue weighted by Crippen LogP contribution is -2.23. The molecule has 1 atom stereocenters. The normalized spacial score (nSPS) is 15.4. The van der Waals surface area contributed by atoms with Crippen LogP contribution in [0.4, 0.5) is 0 Å². The third-order valence-corrected chi connectivity index (χ3v) is 4.18. The molecule has 0 aliphatic rings. The molecule has 0 radical (unpaired) electrons. The summed E-state index contributed by atoms with van der Waals surface area (Å²) in [6.45, 7) is 5.69. The summed E-state index contributed by atoms with van der Waals surface area (Å²) in [6.07, 6.45) is 2.14. The molecule has 3 nitrogen and oxygen atoms in total. The zero-order chi connectivity index (χ0) is 14.0. The lowest BCUT2D eigenvalue weighted by molar-refractivity contribution is 0.0465. The Morgan fingerprint density at radius 1 is 1.28 bits per heavy atom. The van der Waals surface area contributed by atoms with Gasteiger partial charge in [0.25, 0.3) is 0 Å². The first-order valence-corrected chi connectivity index (χ1v) is 8.16. The quantitative estimate of drug-likeness (QED) is 0.893. The molecule has 0 fully saturated rings. The number of aliphatic hydroxyl groups is 1. The minimum Gasteiger partial charge on any atom is -0.385 e. The molecule has 0 spiro atoms. The van der Waals surface area contributed by atoms with E-state index < -0.39 is 15.4 Å². The molecule has 0 amide bonds. The monoisotopic (exact) mass is 270 g/mol. The van der Waals surface area contributed by atoms with Crippen molar-refractivity contribution in [2.45, 2.75) is 39.2 Å². The highest BCUT2D eigenvalue weighted by Gasteiger charge is 2.25. The van der Waals surface area contributed by atoms with Crippen molar-refractivity contribution in [3.63, 3.8) is 0 Å². The van der Waals surface area contributed by atoms with E-state index in [9.17, 15) is 13.5 Å². The van der Waals surface area contributed by atoms with Crippen LogP contribution in [0.5, 0.6) is 0 Å². The average molecular weight is 270 g/mol. The van der Waals surface area contributed by atoms with Crippen LogP contribution < -0.4 is 0 Å². The van der Waals surface area contributed by atoms with Crippen molar-refractivity contribution in [2.75, 3.05) is 12.0 Å². The smallest absolute Gasteiger partial charge is 0.147 e. The summed E-state index contributed by atoms with van der Waals surface area (Å²) in [7, 11) is -2.96. The van der Waals surface area contributed by atoms with Crippen LogP contribution in [0.1, 0.15) is 36.5 Å². The molecule has 4 heteroatoms. The fourth-order valence-electron chi connectivity index (χ4n) is 2.13. The van der Waals surface area contributed by atoms with E-state index in [1.54, 1.807) is 6.92 Å². The zero-order valence-electron chi connectivity index (χ0n) is 11.5. The summed E-state index contributed by atoms with van der Waals surface area (Å²) in [5, 5.41) is 10.5. The van der Waals surface area contributed by atoms with Crippen molar-refractivity contribution in [1.82, 2.24) is 0 Å². The van der Waals surface area contributed by atoms with Crippen molar-refractivity contribution in [3.8, 4) is 0 Å². The number of hydrogen-bond acceptors (Lipinski definition) is 3. The van der Waals surface area contributed by atoms with Gasteiger partial charge < -0.3 is 5.11 Å². The van der Waals surface area contributed by atoms with Gasteiger partial charge in [0, 0.05) is 12.0 Å². The largest absolute Gasteiger partial charge is 0.385 e. The first kappa shape index (κ1) is 15.2. The fourth-order valence-corrected chi connectivity index (χ4v) is 2.80. The highest BCUT2D eigenvalue weighted by Crippen LogP contribution is 2.29. The van der Waals surface area contributed by atoms with E-state index in [4.69, 9.17) is 0 Å². The topological polar surface area (TPSA) is 54.4 Å². The number of hydrogen-bond donors (Lipinski definition) is 1. The van der Waals surface area contributed by atoms with Gasteiger partial charge in [-0.15, -0.1) is 0 Å². The molecule has 0 heterocycles. The van der Waals surface area contributed by atoms with E-state index in [2.05, 4.69) is 0 Å². The van der Waals surface area contributed by atoms with Gasteiger partial charge in [0.2, 0.25) is 0 Å². The van der Waals surface area contributed by atoms with Crippen LogP contribution in [0.3, 0.4) is 0 Å². The Hall–Kier alpha value is -0.870. The zero-order valence-corrected chi connectivity index (χ0v) is 12.3. The Morgan fingerprint density at radius 2 is 1.89 bits per heavy atom. The van der Waals surface area contributed by atoms with Crippen LogP contribution >= 0.6 is 0 Å². The molecule has 102 valence electrons. The maximum atomic E-state index is 11.1. The SMILES string of the molecule is Cc1ccc(C)c(C(C)(O)CCCS(C)(=O)=O)c1. The maximum Gasteiger partial charge on any atom is 0.147 e. The molecule has 0 saturated carbocycles. The number of sulfone groups is 1. The van der Waals surface area contributed by atoms with Crippen LogP contribution in [0.25, 0.3) is 0 Å². The molecule has 0 bridgehead atoms. The number of rotatable bonds is 5. The minimum absolute atomic E-state index is 0.119. The summed E-state index contributed by atoms with van der Waals surface area (Å²) >= 11 is 0. The molecule has 1 aromatic rings. The first-order chi connectivity index (χ1) is 8.12. The van der Waals surface area contributed by atoms with Gasteiger partial charge in [-0.1, -0.05) is 23.8 Å². The summed E-state index contributed by atoms with van der Waals surface area (Å²) in [6, 6.07) is 5.96. The maximum absolute atomic E-state index is 11.1. The van der Waals surface area contributed by atoms with E-state index in [0.717, 1.165) is 16.7 Å². The Balaban J connectivity index is 2.82. The second kappa shape index (κ2) is 5.41. The second-order valence-corrected chi connectivity index (χ2v) is 7.59. The Kier molecular flexibility index (Phi) is 4.56. The van der Waals surface area contributed by atoms with E-state index in [1.165, 1.54) is 6.26 Å². The molecule has 0 aliphatic carbocycles. The molecule has 0 saturated heterocycles. The summed E-state index contributed by atoms with van der Waals surface area (Å²) < 4.78 is 22.2. The molecule has 1 aromatic carbocycles. The van der Waals surface area contributed by atoms with Gasteiger partial charge in [0.05, 0.1) is 5.60 Å². The van der Waals surface area contributed by atoms with E-state index in [0.29, 0.717) is 12.8 Å². The van der Waals surface area contributed by atoms with Crippen molar-refractivity contribution < 1.29 is 13.5 Å². The van der Waals surface area contributed by atoms with Gasteiger partial charge in [-0.05, 0) is 44.7 Å². The lowest BCUT2D eigenvalue weighted by Gasteiger charge is -2.26. The van der Waals surface area contributed by atoms with Gasteiger partial charge in [0.15, 0.2) is 0 Å². The van der Waals surface area contributed by atoms with Gasteiger partial charge in [0.1, 0.15) is 9.84 Å². The number of aryl methyl sites for hydroxylation is 2. The van der Waals surface area contributed by atoms with Gasteiger partial charge in [-0.2, -0.15) is 0 Å². The summed E-state index contributed by atoms with van der Waals surface area (Å²) in [5.74, 6) is 0.119. The van der Waals surface area contributed by atoms with Crippen molar-refractivity contribution >= 4 is 9.84 Å². The van der Waals surface area contributed by atoms with Crippen LogP contribution in [-0.4, -0.2) is 25.5 Å². The van der Waals surface area contributed by atoms with Crippen molar-refractivity contribution in [1.29, 1.82) is 0 Å². The van der Waals surface area contributed by atoms with Gasteiger partial charge in [-0.25, -0.2) is 8.42 Å². The van der Waals surface area contributed by atoms with Crippen molar-refractivity contribution in [3.05, 3.63) is 34.9 Å². The second-order valence-electron chi connectivity index (χ2n) is 5.33. The molecule has 0 aromatic heterocycles. The van der Waals surface area contributed by atoms with E-state index in [-0.39, 0.29) is 5.75 Å². The van der Waals surface area contributed by atoms with Gasteiger partial charge in [-0.3, -0.25) is 0 Å². The average Bonchev–Trinajstić information content (AvgIpc) is 2.19. The highest BCUT2D eigenvalue weighted by atomic mass is 32.2. The van der Waals surface area contributed by atoms with Crippen LogP contribution in [-0.2, 0) is 15.4 Å². The fraction of sp³-hybridized carbons (Fsp3) is 0.571.